The Balaban J connectivity index is 2.55. The van der Waals surface area contributed by atoms with E-state index in [1.165, 1.54) is 6.07 Å². The van der Waals surface area contributed by atoms with Crippen LogP contribution in [-0.4, -0.2) is 25.9 Å². The molecule has 1 unspecified atom stereocenters. The molecule has 0 radical (unpaired) electrons. The highest BCUT2D eigenvalue weighted by atomic mass is 16.1. The molecule has 2 rings (SSSR count). The maximum Gasteiger partial charge on any atom is 0.263 e. The van der Waals surface area contributed by atoms with Crippen molar-refractivity contribution in [2.24, 2.45) is 5.73 Å². The van der Waals surface area contributed by atoms with Gasteiger partial charge in [-0.3, -0.25) is 9.89 Å². The molecule has 1 atom stereocenters. The second kappa shape index (κ2) is 3.22. The Bertz CT molecular complexity index is 498. The van der Waals surface area contributed by atoms with E-state index in [0.717, 1.165) is 0 Å². The molecule has 6 heteroatoms. The molecule has 0 aliphatic heterocycles. The Morgan fingerprint density at radius 1 is 1.57 bits per heavy atom. The molecule has 0 spiro atoms. The Hall–Kier alpha value is -1.69. The first-order chi connectivity index (χ1) is 6.66. The van der Waals surface area contributed by atoms with Gasteiger partial charge in [0.2, 0.25) is 0 Å². The van der Waals surface area contributed by atoms with Gasteiger partial charge in [-0.25, -0.2) is 4.52 Å². The molecule has 2 aromatic rings. The van der Waals surface area contributed by atoms with Crippen LogP contribution in [0, 0.1) is 0 Å². The molecule has 0 saturated carbocycles. The summed E-state index contributed by atoms with van der Waals surface area (Å²) in [6.45, 7) is 1.88. The van der Waals surface area contributed by atoms with Gasteiger partial charge in [-0.15, -0.1) is 10.2 Å². The summed E-state index contributed by atoms with van der Waals surface area (Å²) in [4.78, 5) is 11.1. The summed E-state index contributed by atoms with van der Waals surface area (Å²) < 4.78 is 1.56. The molecule has 74 valence electrons. The fraction of sp³-hybridized carbons (Fsp3) is 0.375. The average Bonchev–Trinajstić information content (AvgIpc) is 2.47. The van der Waals surface area contributed by atoms with Crippen LogP contribution in [0.1, 0.15) is 12.7 Å². The van der Waals surface area contributed by atoms with Crippen molar-refractivity contribution < 1.29 is 0 Å². The summed E-state index contributed by atoms with van der Waals surface area (Å²) in [7, 11) is 0. The summed E-state index contributed by atoms with van der Waals surface area (Å²) in [5.41, 5.74) is 6.09. The van der Waals surface area contributed by atoms with Crippen LogP contribution in [0.4, 0.5) is 0 Å². The molecular formula is C8H11N5O. The third-order valence-electron chi connectivity index (χ3n) is 1.87. The van der Waals surface area contributed by atoms with Gasteiger partial charge in [0.1, 0.15) is 0 Å². The van der Waals surface area contributed by atoms with Crippen LogP contribution in [0.2, 0.25) is 0 Å². The molecule has 0 aromatic carbocycles. The van der Waals surface area contributed by atoms with Crippen LogP contribution in [0.25, 0.3) is 5.65 Å². The molecule has 0 amide bonds. The zero-order valence-corrected chi connectivity index (χ0v) is 7.77. The SMILES string of the molecule is CC(N)Cc1nnc2ccc(=O)[nH]n12. The fourth-order valence-electron chi connectivity index (χ4n) is 1.28. The summed E-state index contributed by atoms with van der Waals surface area (Å²) in [5.74, 6) is 0.674. The Labute approximate surface area is 79.7 Å². The molecule has 0 aliphatic rings. The van der Waals surface area contributed by atoms with Gasteiger partial charge in [0.05, 0.1) is 0 Å². The Morgan fingerprint density at radius 2 is 2.36 bits per heavy atom. The van der Waals surface area contributed by atoms with Gasteiger partial charge in [-0.2, -0.15) is 0 Å². The molecule has 2 heterocycles. The number of hydrogen-bond acceptors (Lipinski definition) is 4. The average molecular weight is 193 g/mol. The zero-order valence-electron chi connectivity index (χ0n) is 7.77. The Kier molecular flexibility index (Phi) is 2.05. The minimum atomic E-state index is -0.178. The van der Waals surface area contributed by atoms with E-state index in [-0.39, 0.29) is 11.6 Å². The molecule has 0 aliphatic carbocycles. The van der Waals surface area contributed by atoms with Crippen molar-refractivity contribution in [3.63, 3.8) is 0 Å². The van der Waals surface area contributed by atoms with Gasteiger partial charge in [-0.05, 0) is 13.0 Å². The second-order valence-corrected chi connectivity index (χ2v) is 3.30. The van der Waals surface area contributed by atoms with Crippen molar-refractivity contribution in [3.8, 4) is 0 Å². The maximum atomic E-state index is 11.1. The standard InChI is InChI=1S/C8H11N5O/c1-5(9)4-7-11-10-6-2-3-8(14)12-13(6)7/h2-3,5H,4,9H2,1H3,(H,12,14). The van der Waals surface area contributed by atoms with E-state index in [0.29, 0.717) is 17.9 Å². The second-order valence-electron chi connectivity index (χ2n) is 3.30. The van der Waals surface area contributed by atoms with E-state index in [4.69, 9.17) is 5.73 Å². The number of nitrogens with two attached hydrogens (primary N) is 1. The minimum absolute atomic E-state index is 0.00823. The molecule has 0 bridgehead atoms. The molecule has 0 fully saturated rings. The van der Waals surface area contributed by atoms with E-state index >= 15 is 0 Å². The number of nitrogens with zero attached hydrogens (tertiary/aromatic N) is 3. The summed E-state index contributed by atoms with van der Waals surface area (Å²) >= 11 is 0. The van der Waals surface area contributed by atoms with Gasteiger partial charge in [0, 0.05) is 18.5 Å². The summed E-state index contributed by atoms with van der Waals surface area (Å²) in [6, 6.07) is 3.03. The Morgan fingerprint density at radius 3 is 3.07 bits per heavy atom. The summed E-state index contributed by atoms with van der Waals surface area (Å²) in [6.07, 6.45) is 0.584. The van der Waals surface area contributed by atoms with E-state index in [2.05, 4.69) is 15.3 Å². The first kappa shape index (κ1) is 8.89. The van der Waals surface area contributed by atoms with Crippen LogP contribution in [0.5, 0.6) is 0 Å². The van der Waals surface area contributed by atoms with E-state index in [9.17, 15) is 4.79 Å². The summed E-state index contributed by atoms with van der Waals surface area (Å²) in [5, 5.41) is 10.5. The van der Waals surface area contributed by atoms with Gasteiger partial charge in [0.15, 0.2) is 11.5 Å². The van der Waals surface area contributed by atoms with E-state index < -0.39 is 0 Å². The number of rotatable bonds is 2. The highest BCUT2D eigenvalue weighted by molar-refractivity contribution is 5.34. The van der Waals surface area contributed by atoms with Crippen molar-refractivity contribution in [2.75, 3.05) is 0 Å². The number of fused-ring (bicyclic) bond motifs is 1. The number of H-pyrrole nitrogens is 1. The van der Waals surface area contributed by atoms with Crippen molar-refractivity contribution in [3.05, 3.63) is 28.3 Å². The van der Waals surface area contributed by atoms with Gasteiger partial charge < -0.3 is 5.73 Å². The quantitative estimate of drug-likeness (QED) is 0.660. The zero-order chi connectivity index (χ0) is 10.1. The van der Waals surface area contributed by atoms with Crippen LogP contribution in [0.3, 0.4) is 0 Å². The minimum Gasteiger partial charge on any atom is -0.328 e. The predicted molar refractivity (Wildman–Crippen MR) is 51.0 cm³/mol. The third kappa shape index (κ3) is 1.51. The first-order valence-electron chi connectivity index (χ1n) is 4.36. The third-order valence-corrected chi connectivity index (χ3v) is 1.87. The van der Waals surface area contributed by atoms with Crippen LogP contribution in [0.15, 0.2) is 16.9 Å². The van der Waals surface area contributed by atoms with E-state index in [1.807, 2.05) is 6.92 Å². The fourth-order valence-corrected chi connectivity index (χ4v) is 1.28. The lowest BCUT2D eigenvalue weighted by Gasteiger charge is -2.01. The van der Waals surface area contributed by atoms with Crippen LogP contribution >= 0.6 is 0 Å². The number of nitrogens with one attached hydrogen (secondary N) is 1. The lowest BCUT2D eigenvalue weighted by atomic mass is 10.2. The van der Waals surface area contributed by atoms with Gasteiger partial charge in [-0.1, -0.05) is 0 Å². The topological polar surface area (TPSA) is 89.1 Å². The van der Waals surface area contributed by atoms with Crippen molar-refractivity contribution in [1.82, 2.24) is 19.8 Å². The molecule has 14 heavy (non-hydrogen) atoms. The lowest BCUT2D eigenvalue weighted by Crippen LogP contribution is -2.21. The first-order valence-corrected chi connectivity index (χ1v) is 4.36. The highest BCUT2D eigenvalue weighted by Crippen LogP contribution is 2.00. The van der Waals surface area contributed by atoms with Crippen molar-refractivity contribution in [1.29, 1.82) is 0 Å². The van der Waals surface area contributed by atoms with Crippen LogP contribution in [-0.2, 0) is 6.42 Å². The number of hydrogen-bond donors (Lipinski definition) is 2. The predicted octanol–water partition coefficient (Wildman–Crippen LogP) is -0.693. The lowest BCUT2D eigenvalue weighted by molar-refractivity contribution is 0.674. The molecule has 0 saturated heterocycles. The molecule has 3 N–H and O–H groups in total. The largest absolute Gasteiger partial charge is 0.328 e. The normalized spacial score (nSPS) is 13.3. The number of aromatic amines is 1. The molecular weight excluding hydrogens is 182 g/mol. The monoisotopic (exact) mass is 193 g/mol. The van der Waals surface area contributed by atoms with Crippen molar-refractivity contribution in [2.45, 2.75) is 19.4 Å². The number of aromatic nitrogens is 4. The molecule has 2 aromatic heterocycles. The highest BCUT2D eigenvalue weighted by Gasteiger charge is 2.07. The smallest absolute Gasteiger partial charge is 0.263 e. The van der Waals surface area contributed by atoms with Gasteiger partial charge >= 0.3 is 0 Å². The maximum absolute atomic E-state index is 11.1. The van der Waals surface area contributed by atoms with Crippen molar-refractivity contribution >= 4 is 5.65 Å². The molecule has 6 nitrogen and oxygen atoms in total. The van der Waals surface area contributed by atoms with Gasteiger partial charge in [0.25, 0.3) is 5.56 Å². The van der Waals surface area contributed by atoms with Crippen LogP contribution < -0.4 is 11.3 Å². The van der Waals surface area contributed by atoms with E-state index in [1.54, 1.807) is 10.6 Å².